The monoisotopic (exact) mass is 275 g/mol. The summed E-state index contributed by atoms with van der Waals surface area (Å²) in [7, 11) is 0. The number of hydrogen-bond donors (Lipinski definition) is 1. The van der Waals surface area contributed by atoms with Gasteiger partial charge in [0.15, 0.2) is 0 Å². The summed E-state index contributed by atoms with van der Waals surface area (Å²) in [6, 6.07) is 2.19. The minimum atomic E-state index is 0.665. The minimum absolute atomic E-state index is 0.665. The summed E-state index contributed by atoms with van der Waals surface area (Å²) in [5.41, 5.74) is 1.27. The van der Waals surface area contributed by atoms with Crippen LogP contribution in [0.1, 0.15) is 76.7 Å². The van der Waals surface area contributed by atoms with Gasteiger partial charge in [0.2, 0.25) is 0 Å². The van der Waals surface area contributed by atoms with Crippen LogP contribution in [0.4, 0.5) is 5.82 Å². The fourth-order valence-corrected chi connectivity index (χ4v) is 2.82. The Bertz CT molecular complexity index is 409. The molecule has 0 bridgehead atoms. The molecule has 1 saturated carbocycles. The molecule has 0 amide bonds. The van der Waals surface area contributed by atoms with Crippen molar-refractivity contribution >= 4 is 5.82 Å². The average molecular weight is 275 g/mol. The largest absolute Gasteiger partial charge is 0.370 e. The van der Waals surface area contributed by atoms with E-state index in [1.807, 2.05) is 0 Å². The molecule has 3 nitrogen and oxygen atoms in total. The zero-order valence-corrected chi connectivity index (χ0v) is 13.3. The second-order valence-electron chi connectivity index (χ2n) is 6.43. The maximum atomic E-state index is 4.84. The van der Waals surface area contributed by atoms with Crippen LogP contribution in [0.15, 0.2) is 6.07 Å². The molecule has 3 heteroatoms. The highest BCUT2D eigenvalue weighted by atomic mass is 15.0. The van der Waals surface area contributed by atoms with E-state index in [4.69, 9.17) is 9.97 Å². The first-order valence-electron chi connectivity index (χ1n) is 8.30. The van der Waals surface area contributed by atoms with Gasteiger partial charge in [-0.15, -0.1) is 0 Å². The smallest absolute Gasteiger partial charge is 0.131 e. The van der Waals surface area contributed by atoms with Crippen molar-refractivity contribution in [2.45, 2.75) is 71.6 Å². The molecule has 1 N–H and O–H groups in total. The fourth-order valence-electron chi connectivity index (χ4n) is 2.82. The maximum absolute atomic E-state index is 4.84. The lowest BCUT2D eigenvalue weighted by Gasteiger charge is -2.14. The van der Waals surface area contributed by atoms with Gasteiger partial charge in [-0.05, 0) is 31.6 Å². The lowest BCUT2D eigenvalue weighted by molar-refractivity contribution is 0.570. The Kier molecular flexibility index (Phi) is 5.81. The highest BCUT2D eigenvalue weighted by molar-refractivity contribution is 5.37. The van der Waals surface area contributed by atoms with E-state index in [1.54, 1.807) is 0 Å². The van der Waals surface area contributed by atoms with Gasteiger partial charge in [-0.2, -0.15) is 0 Å². The van der Waals surface area contributed by atoms with E-state index < -0.39 is 0 Å². The molecule has 0 saturated heterocycles. The molecule has 1 aromatic heterocycles. The van der Waals surface area contributed by atoms with Gasteiger partial charge in [-0.1, -0.05) is 33.6 Å². The van der Waals surface area contributed by atoms with Gasteiger partial charge in [-0.25, -0.2) is 9.97 Å². The second kappa shape index (κ2) is 7.61. The van der Waals surface area contributed by atoms with Crippen molar-refractivity contribution < 1.29 is 0 Å². The molecule has 1 heterocycles. The van der Waals surface area contributed by atoms with E-state index in [0.717, 1.165) is 31.0 Å². The second-order valence-corrected chi connectivity index (χ2v) is 6.43. The van der Waals surface area contributed by atoms with E-state index >= 15 is 0 Å². The molecule has 1 fully saturated rings. The Labute approximate surface area is 123 Å². The van der Waals surface area contributed by atoms with Crippen molar-refractivity contribution in [3.8, 4) is 0 Å². The van der Waals surface area contributed by atoms with Crippen molar-refractivity contribution in [1.29, 1.82) is 0 Å². The van der Waals surface area contributed by atoms with Gasteiger partial charge in [0.25, 0.3) is 0 Å². The Morgan fingerprint density at radius 2 is 2.00 bits per heavy atom. The van der Waals surface area contributed by atoms with Crippen LogP contribution in [-0.2, 0) is 6.42 Å². The Morgan fingerprint density at radius 1 is 1.25 bits per heavy atom. The molecule has 0 aliphatic heterocycles. The first kappa shape index (κ1) is 15.3. The quantitative estimate of drug-likeness (QED) is 0.793. The molecule has 0 atom stereocenters. The lowest BCUT2D eigenvalue weighted by Crippen LogP contribution is -2.09. The zero-order valence-electron chi connectivity index (χ0n) is 13.3. The third kappa shape index (κ3) is 4.46. The molecular formula is C17H29N3. The summed E-state index contributed by atoms with van der Waals surface area (Å²) in [5, 5.41) is 3.44. The molecule has 1 aliphatic carbocycles. The van der Waals surface area contributed by atoms with E-state index in [2.05, 4.69) is 32.2 Å². The van der Waals surface area contributed by atoms with Crippen LogP contribution in [0.5, 0.6) is 0 Å². The molecule has 0 spiro atoms. The van der Waals surface area contributed by atoms with E-state index in [9.17, 15) is 0 Å². The van der Waals surface area contributed by atoms with E-state index in [-0.39, 0.29) is 0 Å². The van der Waals surface area contributed by atoms with Gasteiger partial charge in [-0.3, -0.25) is 0 Å². The van der Waals surface area contributed by atoms with Crippen LogP contribution in [0.2, 0.25) is 0 Å². The number of anilines is 1. The summed E-state index contributed by atoms with van der Waals surface area (Å²) < 4.78 is 0. The lowest BCUT2D eigenvalue weighted by atomic mass is 10.0. The topological polar surface area (TPSA) is 37.8 Å². The number of nitrogens with one attached hydrogen (secondary N) is 1. The average Bonchev–Trinajstić information content (AvgIpc) is 2.97. The third-order valence-electron chi connectivity index (χ3n) is 4.07. The standard InChI is InChI=1S/C17H29N3/c1-4-11-18-17-12-15(14-7-5-6-8-14)19-16(20-17)10-9-13(2)3/h12-14H,4-11H2,1-3H3,(H,18,19,20). The maximum Gasteiger partial charge on any atom is 0.131 e. The predicted octanol–water partition coefficient (Wildman–Crippen LogP) is 4.54. The van der Waals surface area contributed by atoms with Crippen molar-refractivity contribution in [2.24, 2.45) is 5.92 Å². The number of aryl methyl sites for hydroxylation is 1. The summed E-state index contributed by atoms with van der Waals surface area (Å²) in [6.45, 7) is 7.70. The van der Waals surface area contributed by atoms with Crippen LogP contribution in [-0.4, -0.2) is 16.5 Å². The molecule has 0 aromatic carbocycles. The Morgan fingerprint density at radius 3 is 2.65 bits per heavy atom. The Balaban J connectivity index is 2.14. The van der Waals surface area contributed by atoms with Crippen molar-refractivity contribution in [2.75, 3.05) is 11.9 Å². The van der Waals surface area contributed by atoms with Crippen molar-refractivity contribution in [1.82, 2.24) is 9.97 Å². The van der Waals surface area contributed by atoms with E-state index in [0.29, 0.717) is 11.8 Å². The van der Waals surface area contributed by atoms with Gasteiger partial charge >= 0.3 is 0 Å². The number of nitrogens with zero attached hydrogens (tertiary/aromatic N) is 2. The molecule has 2 rings (SSSR count). The van der Waals surface area contributed by atoms with Gasteiger partial charge < -0.3 is 5.32 Å². The molecule has 0 unspecified atom stereocenters. The zero-order chi connectivity index (χ0) is 14.4. The molecule has 1 aromatic rings. The van der Waals surface area contributed by atoms with Gasteiger partial charge in [0.05, 0.1) is 0 Å². The highest BCUT2D eigenvalue weighted by Crippen LogP contribution is 2.33. The number of hydrogen-bond acceptors (Lipinski definition) is 3. The summed E-state index contributed by atoms with van der Waals surface area (Å²) in [6.07, 6.45) is 8.60. The molecule has 20 heavy (non-hydrogen) atoms. The van der Waals surface area contributed by atoms with E-state index in [1.165, 1.54) is 37.8 Å². The van der Waals surface area contributed by atoms with Crippen molar-refractivity contribution in [3.05, 3.63) is 17.6 Å². The summed E-state index contributed by atoms with van der Waals surface area (Å²) >= 11 is 0. The minimum Gasteiger partial charge on any atom is -0.370 e. The SMILES string of the molecule is CCCNc1cc(C2CCCC2)nc(CCC(C)C)n1. The predicted molar refractivity (Wildman–Crippen MR) is 85.2 cm³/mol. The Hall–Kier alpha value is -1.12. The van der Waals surface area contributed by atoms with Crippen LogP contribution in [0.25, 0.3) is 0 Å². The fraction of sp³-hybridized carbons (Fsp3) is 0.765. The summed E-state index contributed by atoms with van der Waals surface area (Å²) in [4.78, 5) is 9.54. The number of rotatable bonds is 7. The number of aromatic nitrogens is 2. The molecule has 0 radical (unpaired) electrons. The first-order chi connectivity index (χ1) is 9.69. The van der Waals surface area contributed by atoms with Gasteiger partial charge in [0.1, 0.15) is 11.6 Å². The van der Waals surface area contributed by atoms with Crippen LogP contribution < -0.4 is 5.32 Å². The molecular weight excluding hydrogens is 246 g/mol. The first-order valence-corrected chi connectivity index (χ1v) is 8.30. The molecule has 1 aliphatic rings. The van der Waals surface area contributed by atoms with Gasteiger partial charge in [0, 0.05) is 30.6 Å². The van der Waals surface area contributed by atoms with Crippen molar-refractivity contribution in [3.63, 3.8) is 0 Å². The van der Waals surface area contributed by atoms with Crippen LogP contribution in [0, 0.1) is 5.92 Å². The third-order valence-corrected chi connectivity index (χ3v) is 4.07. The molecule has 112 valence electrons. The normalized spacial score (nSPS) is 16.0. The van der Waals surface area contributed by atoms with Crippen LogP contribution in [0.3, 0.4) is 0 Å². The summed E-state index contributed by atoms with van der Waals surface area (Å²) in [5.74, 6) is 3.43. The highest BCUT2D eigenvalue weighted by Gasteiger charge is 2.20. The van der Waals surface area contributed by atoms with Crippen LogP contribution >= 0.6 is 0 Å².